The van der Waals surface area contributed by atoms with Crippen LogP contribution in [0.5, 0.6) is 0 Å². The number of carbonyl (C=O) groups is 1. The maximum atomic E-state index is 12.4. The third-order valence-corrected chi connectivity index (χ3v) is 3.44. The maximum absolute atomic E-state index is 12.4. The van der Waals surface area contributed by atoms with Crippen molar-refractivity contribution in [3.05, 3.63) is 0 Å². The number of amides is 1. The van der Waals surface area contributed by atoms with E-state index in [0.717, 1.165) is 25.9 Å². The van der Waals surface area contributed by atoms with Gasteiger partial charge in [-0.3, -0.25) is 4.79 Å². The van der Waals surface area contributed by atoms with E-state index in [9.17, 15) is 4.79 Å². The van der Waals surface area contributed by atoms with Crippen LogP contribution in [-0.4, -0.2) is 55.0 Å². The summed E-state index contributed by atoms with van der Waals surface area (Å²) in [5.41, 5.74) is 5.90. The van der Waals surface area contributed by atoms with E-state index in [0.29, 0.717) is 6.04 Å². The van der Waals surface area contributed by atoms with E-state index in [1.54, 1.807) is 0 Å². The lowest BCUT2D eigenvalue weighted by molar-refractivity contribution is -0.136. The van der Waals surface area contributed by atoms with Crippen LogP contribution in [0.1, 0.15) is 33.6 Å². The molecule has 1 fully saturated rings. The first-order valence-electron chi connectivity index (χ1n) is 6.44. The lowest BCUT2D eigenvalue weighted by atomic mass is 9.86. The molecule has 17 heavy (non-hydrogen) atoms. The van der Waals surface area contributed by atoms with Gasteiger partial charge in [-0.2, -0.15) is 0 Å². The standard InChI is InChI=1S/C13H27N3O/c1-13(2,3)11(14)12(17)16-8-6-7-10(16)9-15(4)5/h10-11H,6-9,14H2,1-5H3. The van der Waals surface area contributed by atoms with E-state index in [-0.39, 0.29) is 11.3 Å². The summed E-state index contributed by atoms with van der Waals surface area (Å²) < 4.78 is 0. The van der Waals surface area contributed by atoms with Gasteiger partial charge in [0.1, 0.15) is 0 Å². The Kier molecular flexibility index (Phi) is 4.55. The predicted octanol–water partition coefficient (Wildman–Crippen LogP) is 0.912. The molecule has 1 saturated heterocycles. The summed E-state index contributed by atoms with van der Waals surface area (Å²) in [5, 5.41) is 0. The first kappa shape index (κ1) is 14.5. The van der Waals surface area contributed by atoms with E-state index in [2.05, 4.69) is 4.90 Å². The minimum absolute atomic E-state index is 0.113. The van der Waals surface area contributed by atoms with Gasteiger partial charge >= 0.3 is 0 Å². The number of nitrogens with zero attached hydrogens (tertiary/aromatic N) is 2. The van der Waals surface area contributed by atoms with Gasteiger partial charge in [0.2, 0.25) is 5.91 Å². The summed E-state index contributed by atoms with van der Waals surface area (Å²) in [4.78, 5) is 16.5. The molecule has 0 aliphatic carbocycles. The fourth-order valence-corrected chi connectivity index (χ4v) is 2.29. The molecule has 1 rings (SSSR count). The minimum atomic E-state index is -0.398. The van der Waals surface area contributed by atoms with Gasteiger partial charge in [-0.25, -0.2) is 0 Å². The molecule has 1 aliphatic rings. The normalized spacial score (nSPS) is 23.2. The molecule has 0 spiro atoms. The molecule has 0 aromatic rings. The van der Waals surface area contributed by atoms with E-state index >= 15 is 0 Å². The van der Waals surface area contributed by atoms with Gasteiger partial charge in [0, 0.05) is 19.1 Å². The zero-order valence-electron chi connectivity index (χ0n) is 11.9. The fourth-order valence-electron chi connectivity index (χ4n) is 2.29. The molecule has 0 radical (unpaired) electrons. The van der Waals surface area contributed by atoms with Crippen LogP contribution < -0.4 is 5.73 Å². The quantitative estimate of drug-likeness (QED) is 0.799. The Morgan fingerprint density at radius 2 is 2.06 bits per heavy atom. The zero-order valence-corrected chi connectivity index (χ0v) is 11.9. The van der Waals surface area contributed by atoms with Crippen molar-refractivity contribution in [1.29, 1.82) is 0 Å². The summed E-state index contributed by atoms with van der Waals surface area (Å²) in [5.74, 6) is 0.113. The highest BCUT2D eigenvalue weighted by Gasteiger charge is 2.36. The molecule has 2 N–H and O–H groups in total. The van der Waals surface area contributed by atoms with Crippen LogP contribution in [0.25, 0.3) is 0 Å². The molecule has 2 atom stereocenters. The van der Waals surface area contributed by atoms with Crippen LogP contribution >= 0.6 is 0 Å². The molecule has 2 unspecified atom stereocenters. The highest BCUT2D eigenvalue weighted by Crippen LogP contribution is 2.24. The zero-order chi connectivity index (χ0) is 13.2. The largest absolute Gasteiger partial charge is 0.337 e. The third kappa shape index (κ3) is 3.68. The highest BCUT2D eigenvalue weighted by atomic mass is 16.2. The van der Waals surface area contributed by atoms with Crippen molar-refractivity contribution in [2.75, 3.05) is 27.2 Å². The average Bonchev–Trinajstić information content (AvgIpc) is 2.61. The summed E-state index contributed by atoms with van der Waals surface area (Å²) in [7, 11) is 4.09. The fraction of sp³-hybridized carbons (Fsp3) is 0.923. The van der Waals surface area contributed by atoms with E-state index < -0.39 is 6.04 Å². The van der Waals surface area contributed by atoms with Crippen molar-refractivity contribution in [2.45, 2.75) is 45.7 Å². The van der Waals surface area contributed by atoms with Crippen LogP contribution in [0.15, 0.2) is 0 Å². The van der Waals surface area contributed by atoms with Crippen LogP contribution in [0, 0.1) is 5.41 Å². The molecule has 0 bridgehead atoms. The van der Waals surface area contributed by atoms with Crippen molar-refractivity contribution in [2.24, 2.45) is 11.1 Å². The lowest BCUT2D eigenvalue weighted by Gasteiger charge is -2.34. The topological polar surface area (TPSA) is 49.6 Å². The van der Waals surface area contributed by atoms with Gasteiger partial charge in [-0.05, 0) is 32.4 Å². The lowest BCUT2D eigenvalue weighted by Crippen LogP contribution is -2.53. The van der Waals surface area contributed by atoms with Gasteiger partial charge in [0.25, 0.3) is 0 Å². The molecule has 4 nitrogen and oxygen atoms in total. The minimum Gasteiger partial charge on any atom is -0.337 e. The molecule has 0 aromatic carbocycles. The number of likely N-dealkylation sites (N-methyl/N-ethyl adjacent to an activating group) is 1. The molecule has 0 aromatic heterocycles. The van der Waals surface area contributed by atoms with Crippen molar-refractivity contribution in [3.63, 3.8) is 0 Å². The molecule has 100 valence electrons. The van der Waals surface area contributed by atoms with E-state index in [1.807, 2.05) is 39.8 Å². The van der Waals surface area contributed by atoms with Crippen molar-refractivity contribution in [3.8, 4) is 0 Å². The Labute approximate surface area is 105 Å². The first-order chi connectivity index (χ1) is 7.73. The average molecular weight is 241 g/mol. The second kappa shape index (κ2) is 5.36. The van der Waals surface area contributed by atoms with Gasteiger partial charge in [0.05, 0.1) is 6.04 Å². The van der Waals surface area contributed by atoms with Crippen molar-refractivity contribution in [1.82, 2.24) is 9.80 Å². The number of hydrogen-bond donors (Lipinski definition) is 1. The molecule has 1 aliphatic heterocycles. The van der Waals surface area contributed by atoms with Crippen molar-refractivity contribution >= 4 is 5.91 Å². The molecule has 0 saturated carbocycles. The monoisotopic (exact) mass is 241 g/mol. The number of rotatable bonds is 3. The van der Waals surface area contributed by atoms with Gasteiger partial charge in [0.15, 0.2) is 0 Å². The summed E-state index contributed by atoms with van der Waals surface area (Å²) in [6, 6.07) is -0.0591. The Morgan fingerprint density at radius 3 is 2.53 bits per heavy atom. The molecule has 1 amide bonds. The van der Waals surface area contributed by atoms with Gasteiger partial charge < -0.3 is 15.5 Å². The molecule has 1 heterocycles. The number of nitrogens with two attached hydrogens (primary N) is 1. The molecular formula is C13H27N3O. The summed E-state index contributed by atoms with van der Waals surface area (Å²) in [6.07, 6.45) is 2.20. The van der Waals surface area contributed by atoms with Gasteiger partial charge in [-0.1, -0.05) is 20.8 Å². The van der Waals surface area contributed by atoms with Crippen molar-refractivity contribution < 1.29 is 4.79 Å². The van der Waals surface area contributed by atoms with E-state index in [4.69, 9.17) is 5.73 Å². The Bertz CT molecular complexity index is 270. The summed E-state index contributed by atoms with van der Waals surface area (Å²) in [6.45, 7) is 7.86. The SMILES string of the molecule is CN(C)CC1CCCN1C(=O)C(N)C(C)(C)C. The second-order valence-corrected chi connectivity index (χ2v) is 6.43. The maximum Gasteiger partial charge on any atom is 0.240 e. The Hall–Kier alpha value is -0.610. The third-order valence-electron chi connectivity index (χ3n) is 3.44. The Morgan fingerprint density at radius 1 is 1.47 bits per heavy atom. The number of carbonyl (C=O) groups excluding carboxylic acids is 1. The summed E-state index contributed by atoms with van der Waals surface area (Å²) >= 11 is 0. The highest BCUT2D eigenvalue weighted by molar-refractivity contribution is 5.83. The van der Waals surface area contributed by atoms with Crippen LogP contribution in [0.3, 0.4) is 0 Å². The number of hydrogen-bond acceptors (Lipinski definition) is 3. The Balaban J connectivity index is 2.68. The molecular weight excluding hydrogens is 214 g/mol. The smallest absolute Gasteiger partial charge is 0.240 e. The van der Waals surface area contributed by atoms with Crippen LogP contribution in [-0.2, 0) is 4.79 Å². The first-order valence-corrected chi connectivity index (χ1v) is 6.44. The van der Waals surface area contributed by atoms with Crippen LogP contribution in [0.2, 0.25) is 0 Å². The molecule has 4 heteroatoms. The van der Waals surface area contributed by atoms with Gasteiger partial charge in [-0.15, -0.1) is 0 Å². The predicted molar refractivity (Wildman–Crippen MR) is 70.7 cm³/mol. The van der Waals surface area contributed by atoms with Crippen LogP contribution in [0.4, 0.5) is 0 Å². The second-order valence-electron chi connectivity index (χ2n) is 6.43. The number of likely N-dealkylation sites (tertiary alicyclic amines) is 1. The van der Waals surface area contributed by atoms with E-state index in [1.165, 1.54) is 0 Å².